The van der Waals surface area contributed by atoms with Crippen LogP contribution in [0.5, 0.6) is 0 Å². The van der Waals surface area contributed by atoms with Crippen LogP contribution >= 0.6 is 15.9 Å². The first-order valence-electron chi connectivity index (χ1n) is 5.84. The van der Waals surface area contributed by atoms with Gasteiger partial charge in [0.1, 0.15) is 5.82 Å². The molecule has 0 fully saturated rings. The maximum Gasteiger partial charge on any atom is 0.262 e. The Labute approximate surface area is 126 Å². The fourth-order valence-electron chi connectivity index (χ4n) is 1.92. The third-order valence-corrected chi connectivity index (χ3v) is 4.72. The first-order chi connectivity index (χ1) is 9.28. The predicted molar refractivity (Wildman–Crippen MR) is 80.8 cm³/mol. The van der Waals surface area contributed by atoms with E-state index >= 15 is 0 Å². The topological polar surface area (TPSA) is 46.2 Å². The van der Waals surface area contributed by atoms with E-state index < -0.39 is 15.8 Å². The maximum atomic E-state index is 13.0. The minimum Gasteiger partial charge on any atom is -0.280 e. The monoisotopic (exact) mass is 357 g/mol. The van der Waals surface area contributed by atoms with Crippen LogP contribution in [0, 0.1) is 19.7 Å². The van der Waals surface area contributed by atoms with Gasteiger partial charge in [-0.3, -0.25) is 4.72 Å². The number of rotatable bonds is 3. The van der Waals surface area contributed by atoms with E-state index in [-0.39, 0.29) is 4.90 Å². The Balaban J connectivity index is 2.40. The second-order valence-corrected chi connectivity index (χ2v) is 7.10. The molecule has 0 bridgehead atoms. The molecule has 2 rings (SSSR count). The second-order valence-electron chi connectivity index (χ2n) is 4.53. The summed E-state index contributed by atoms with van der Waals surface area (Å²) in [7, 11) is -3.73. The molecule has 0 unspecified atom stereocenters. The van der Waals surface area contributed by atoms with Crippen molar-refractivity contribution >= 4 is 31.6 Å². The summed E-state index contributed by atoms with van der Waals surface area (Å²) >= 11 is 3.32. The average molecular weight is 358 g/mol. The number of halogens is 2. The number of aryl methyl sites for hydroxylation is 2. The molecule has 6 heteroatoms. The number of nitrogens with one attached hydrogen (secondary N) is 1. The summed E-state index contributed by atoms with van der Waals surface area (Å²) < 4.78 is 40.9. The van der Waals surface area contributed by atoms with E-state index in [1.54, 1.807) is 19.1 Å². The van der Waals surface area contributed by atoms with Crippen molar-refractivity contribution in [1.82, 2.24) is 0 Å². The van der Waals surface area contributed by atoms with Crippen LogP contribution in [0.4, 0.5) is 10.1 Å². The van der Waals surface area contributed by atoms with Crippen LogP contribution in [0.25, 0.3) is 0 Å². The Morgan fingerprint density at radius 1 is 1.10 bits per heavy atom. The molecular formula is C14H13BrFNO2S. The van der Waals surface area contributed by atoms with Crippen LogP contribution in [0.15, 0.2) is 45.8 Å². The zero-order chi connectivity index (χ0) is 14.9. The van der Waals surface area contributed by atoms with Gasteiger partial charge in [-0.05, 0) is 61.4 Å². The van der Waals surface area contributed by atoms with E-state index in [9.17, 15) is 12.8 Å². The number of benzene rings is 2. The first-order valence-corrected chi connectivity index (χ1v) is 8.12. The summed E-state index contributed by atoms with van der Waals surface area (Å²) in [6, 6.07) is 8.86. The molecular weight excluding hydrogens is 345 g/mol. The predicted octanol–water partition coefficient (Wildman–Crippen LogP) is 4.01. The normalized spacial score (nSPS) is 11.4. The highest BCUT2D eigenvalue weighted by Crippen LogP contribution is 2.23. The zero-order valence-electron chi connectivity index (χ0n) is 10.9. The summed E-state index contributed by atoms with van der Waals surface area (Å²) in [6.07, 6.45) is 0. The summed E-state index contributed by atoms with van der Waals surface area (Å²) in [5.74, 6) is -0.459. The molecule has 2 aromatic rings. The SMILES string of the molecule is Cc1cc(Br)cc(NS(=O)(=O)c2ccc(F)cc2C)c1. The van der Waals surface area contributed by atoms with Crippen molar-refractivity contribution in [3.05, 3.63) is 57.8 Å². The molecule has 0 atom stereocenters. The highest BCUT2D eigenvalue weighted by atomic mass is 79.9. The van der Waals surface area contributed by atoms with Gasteiger partial charge in [0.15, 0.2) is 0 Å². The van der Waals surface area contributed by atoms with Crippen LogP contribution in [-0.4, -0.2) is 8.42 Å². The van der Waals surface area contributed by atoms with Gasteiger partial charge < -0.3 is 0 Å². The number of sulfonamides is 1. The van der Waals surface area contributed by atoms with E-state index in [1.165, 1.54) is 12.1 Å². The van der Waals surface area contributed by atoms with Crippen LogP contribution in [0.3, 0.4) is 0 Å². The molecule has 0 heterocycles. The van der Waals surface area contributed by atoms with Crippen molar-refractivity contribution in [1.29, 1.82) is 0 Å². The number of hydrogen-bond donors (Lipinski definition) is 1. The summed E-state index contributed by atoms with van der Waals surface area (Å²) in [5, 5.41) is 0. The second kappa shape index (κ2) is 5.54. The van der Waals surface area contributed by atoms with Gasteiger partial charge in [0.25, 0.3) is 10.0 Å². The summed E-state index contributed by atoms with van der Waals surface area (Å²) in [6.45, 7) is 3.43. The highest BCUT2D eigenvalue weighted by molar-refractivity contribution is 9.10. The number of anilines is 1. The Kier molecular flexibility index (Phi) is 4.15. The van der Waals surface area contributed by atoms with Crippen molar-refractivity contribution in [3.63, 3.8) is 0 Å². The third-order valence-electron chi connectivity index (χ3n) is 2.72. The Morgan fingerprint density at radius 2 is 1.80 bits per heavy atom. The molecule has 0 saturated heterocycles. The van der Waals surface area contributed by atoms with Gasteiger partial charge in [-0.1, -0.05) is 15.9 Å². The lowest BCUT2D eigenvalue weighted by atomic mass is 10.2. The van der Waals surface area contributed by atoms with Crippen molar-refractivity contribution in [2.75, 3.05) is 4.72 Å². The molecule has 0 aliphatic rings. The largest absolute Gasteiger partial charge is 0.280 e. The highest BCUT2D eigenvalue weighted by Gasteiger charge is 2.17. The molecule has 2 aromatic carbocycles. The lowest BCUT2D eigenvalue weighted by Gasteiger charge is -2.11. The van der Waals surface area contributed by atoms with Gasteiger partial charge in [-0.2, -0.15) is 0 Å². The van der Waals surface area contributed by atoms with E-state index in [4.69, 9.17) is 0 Å². The van der Waals surface area contributed by atoms with Crippen LogP contribution in [0.2, 0.25) is 0 Å². The molecule has 1 N–H and O–H groups in total. The van der Waals surface area contributed by atoms with E-state index in [2.05, 4.69) is 20.7 Å². The Bertz CT molecular complexity index is 740. The average Bonchev–Trinajstić information content (AvgIpc) is 2.25. The molecule has 0 aromatic heterocycles. The van der Waals surface area contributed by atoms with Crippen LogP contribution < -0.4 is 4.72 Å². The van der Waals surface area contributed by atoms with Gasteiger partial charge >= 0.3 is 0 Å². The fraction of sp³-hybridized carbons (Fsp3) is 0.143. The molecule has 0 aliphatic heterocycles. The van der Waals surface area contributed by atoms with E-state index in [1.807, 2.05) is 13.0 Å². The maximum absolute atomic E-state index is 13.0. The first kappa shape index (κ1) is 15.0. The standard InChI is InChI=1S/C14H13BrFNO2S/c1-9-5-11(15)8-13(6-9)17-20(18,19)14-4-3-12(16)7-10(14)2/h3-8,17H,1-2H3. The van der Waals surface area contributed by atoms with Crippen molar-refractivity contribution in [2.24, 2.45) is 0 Å². The number of hydrogen-bond acceptors (Lipinski definition) is 2. The third kappa shape index (κ3) is 3.37. The van der Waals surface area contributed by atoms with Crippen LogP contribution in [-0.2, 0) is 10.0 Å². The molecule has 106 valence electrons. The Morgan fingerprint density at radius 3 is 2.40 bits per heavy atom. The molecule has 0 aliphatic carbocycles. The zero-order valence-corrected chi connectivity index (χ0v) is 13.3. The lowest BCUT2D eigenvalue weighted by Crippen LogP contribution is -2.14. The van der Waals surface area contributed by atoms with Gasteiger partial charge in [0, 0.05) is 4.47 Å². The van der Waals surface area contributed by atoms with E-state index in [0.29, 0.717) is 11.3 Å². The van der Waals surface area contributed by atoms with Gasteiger partial charge in [0.05, 0.1) is 10.6 Å². The summed E-state index contributed by atoms with van der Waals surface area (Å²) in [4.78, 5) is 0.0662. The molecule has 0 amide bonds. The van der Waals surface area contributed by atoms with E-state index in [0.717, 1.165) is 16.1 Å². The summed E-state index contributed by atoms with van der Waals surface area (Å²) in [5.41, 5.74) is 1.75. The van der Waals surface area contributed by atoms with Gasteiger partial charge in [0.2, 0.25) is 0 Å². The van der Waals surface area contributed by atoms with Gasteiger partial charge in [-0.25, -0.2) is 12.8 Å². The minimum absolute atomic E-state index is 0.0662. The molecule has 0 spiro atoms. The smallest absolute Gasteiger partial charge is 0.262 e. The van der Waals surface area contributed by atoms with Crippen molar-refractivity contribution in [3.8, 4) is 0 Å². The molecule has 3 nitrogen and oxygen atoms in total. The van der Waals surface area contributed by atoms with Gasteiger partial charge in [-0.15, -0.1) is 0 Å². The van der Waals surface area contributed by atoms with Crippen molar-refractivity contribution in [2.45, 2.75) is 18.7 Å². The molecule has 20 heavy (non-hydrogen) atoms. The fourth-order valence-corrected chi connectivity index (χ4v) is 3.80. The van der Waals surface area contributed by atoms with Crippen molar-refractivity contribution < 1.29 is 12.8 Å². The lowest BCUT2D eigenvalue weighted by molar-refractivity contribution is 0.598. The minimum atomic E-state index is -3.73. The quantitative estimate of drug-likeness (QED) is 0.901. The Hall–Kier alpha value is -1.40. The van der Waals surface area contributed by atoms with Crippen LogP contribution in [0.1, 0.15) is 11.1 Å². The molecule has 0 saturated carbocycles. The molecule has 0 radical (unpaired) electrons.